The Balaban J connectivity index is 2.22. The molecule has 0 aliphatic carbocycles. The molecule has 0 saturated heterocycles. The van der Waals surface area contributed by atoms with Gasteiger partial charge in [-0.2, -0.15) is 0 Å². The monoisotopic (exact) mass is 401 g/mol. The number of benzene rings is 1. The van der Waals surface area contributed by atoms with Crippen LogP contribution in [0.2, 0.25) is 0 Å². The van der Waals surface area contributed by atoms with E-state index in [0.29, 0.717) is 24.4 Å². The Bertz CT molecular complexity index is 823. The van der Waals surface area contributed by atoms with Gasteiger partial charge in [-0.3, -0.25) is 9.59 Å². The molecule has 29 heavy (non-hydrogen) atoms. The summed E-state index contributed by atoms with van der Waals surface area (Å²) >= 11 is 0. The van der Waals surface area contributed by atoms with Crippen molar-refractivity contribution in [3.05, 3.63) is 23.8 Å². The Kier molecular flexibility index (Phi) is 7.10. The lowest BCUT2D eigenvalue weighted by Gasteiger charge is -2.35. The number of anilines is 1. The third kappa shape index (κ3) is 6.14. The normalized spacial score (nSPS) is 15.6. The first-order chi connectivity index (χ1) is 13.6. The Morgan fingerprint density at radius 1 is 1.31 bits per heavy atom. The van der Waals surface area contributed by atoms with E-state index in [1.54, 1.807) is 46.1 Å². The fraction of sp³-hybridized carbons (Fsp3) is 0.476. The third-order valence-corrected chi connectivity index (χ3v) is 4.23. The van der Waals surface area contributed by atoms with Gasteiger partial charge < -0.3 is 25.0 Å². The molecule has 1 aromatic carbocycles. The van der Waals surface area contributed by atoms with Crippen molar-refractivity contribution in [3.8, 4) is 18.1 Å². The van der Waals surface area contributed by atoms with Crippen LogP contribution in [-0.2, 0) is 14.3 Å². The van der Waals surface area contributed by atoms with E-state index in [0.717, 1.165) is 5.56 Å². The average molecular weight is 401 g/mol. The van der Waals surface area contributed by atoms with Crippen LogP contribution in [0.25, 0.3) is 0 Å². The molecule has 0 unspecified atom stereocenters. The number of amides is 3. The van der Waals surface area contributed by atoms with Crippen molar-refractivity contribution in [1.82, 2.24) is 10.6 Å². The van der Waals surface area contributed by atoms with Crippen LogP contribution >= 0.6 is 0 Å². The summed E-state index contributed by atoms with van der Waals surface area (Å²) < 4.78 is 10.6. The molecule has 1 heterocycles. The Hall–Kier alpha value is -3.21. The molecule has 1 atom stereocenters. The van der Waals surface area contributed by atoms with Gasteiger partial charge >= 0.3 is 6.09 Å². The second-order valence-corrected chi connectivity index (χ2v) is 7.62. The van der Waals surface area contributed by atoms with Gasteiger partial charge in [-0.15, -0.1) is 6.42 Å². The number of methoxy groups -OCH3 is 1. The van der Waals surface area contributed by atoms with Crippen molar-refractivity contribution in [3.63, 3.8) is 0 Å². The van der Waals surface area contributed by atoms with Crippen molar-refractivity contribution in [1.29, 1.82) is 0 Å². The molecule has 156 valence electrons. The number of rotatable bonds is 5. The molecular formula is C21H27N3O5. The maximum Gasteiger partial charge on any atom is 0.408 e. The molecule has 0 spiro atoms. The van der Waals surface area contributed by atoms with Gasteiger partial charge in [0.2, 0.25) is 11.8 Å². The first kappa shape index (κ1) is 22.1. The first-order valence-electron chi connectivity index (χ1n) is 9.32. The quantitative estimate of drug-likeness (QED) is 0.582. The number of hydrogen-bond acceptors (Lipinski definition) is 5. The number of ether oxygens (including phenoxy) is 2. The number of terminal acetylenes is 1. The maximum absolute atomic E-state index is 12.7. The van der Waals surface area contributed by atoms with Crippen LogP contribution in [0.3, 0.4) is 0 Å². The minimum Gasteiger partial charge on any atom is -0.497 e. The van der Waals surface area contributed by atoms with E-state index in [1.165, 1.54) is 4.90 Å². The number of alkyl carbamates (subject to hydrolysis) is 1. The van der Waals surface area contributed by atoms with E-state index in [9.17, 15) is 14.4 Å². The van der Waals surface area contributed by atoms with Gasteiger partial charge in [0.25, 0.3) is 0 Å². The largest absolute Gasteiger partial charge is 0.497 e. The van der Waals surface area contributed by atoms with Crippen LogP contribution in [0.4, 0.5) is 10.5 Å². The summed E-state index contributed by atoms with van der Waals surface area (Å²) in [6, 6.07) is 4.89. The summed E-state index contributed by atoms with van der Waals surface area (Å²) in [4.78, 5) is 38.3. The topological polar surface area (TPSA) is 97.0 Å². The fourth-order valence-electron chi connectivity index (χ4n) is 3.02. The van der Waals surface area contributed by atoms with E-state index < -0.39 is 17.6 Å². The summed E-state index contributed by atoms with van der Waals surface area (Å²) in [7, 11) is 1.54. The summed E-state index contributed by atoms with van der Waals surface area (Å²) in [6.07, 6.45) is 4.74. The lowest BCUT2D eigenvalue weighted by molar-refractivity contribution is -0.127. The highest BCUT2D eigenvalue weighted by Crippen LogP contribution is 2.36. The molecule has 0 saturated carbocycles. The van der Waals surface area contributed by atoms with Crippen LogP contribution in [0.1, 0.15) is 45.2 Å². The van der Waals surface area contributed by atoms with Gasteiger partial charge in [0.15, 0.2) is 0 Å². The van der Waals surface area contributed by atoms with E-state index in [-0.39, 0.29) is 24.9 Å². The molecule has 0 bridgehead atoms. The van der Waals surface area contributed by atoms with Crippen LogP contribution < -0.4 is 20.3 Å². The molecule has 0 fully saturated rings. The zero-order valence-corrected chi connectivity index (χ0v) is 17.2. The molecule has 3 amide bonds. The molecule has 1 aliphatic rings. The van der Waals surface area contributed by atoms with Crippen LogP contribution in [0, 0.1) is 12.3 Å². The number of hydrogen-bond donors (Lipinski definition) is 2. The van der Waals surface area contributed by atoms with Crippen molar-refractivity contribution in [2.45, 2.75) is 45.3 Å². The Labute approximate surface area is 170 Å². The number of carbonyl (C=O) groups is 3. The van der Waals surface area contributed by atoms with Crippen LogP contribution in [0.15, 0.2) is 18.2 Å². The van der Waals surface area contributed by atoms with Gasteiger partial charge in [-0.05, 0) is 45.4 Å². The van der Waals surface area contributed by atoms with E-state index >= 15 is 0 Å². The van der Waals surface area contributed by atoms with Crippen molar-refractivity contribution in [2.75, 3.05) is 25.1 Å². The highest BCUT2D eigenvalue weighted by Gasteiger charge is 2.31. The molecule has 1 aromatic rings. The summed E-state index contributed by atoms with van der Waals surface area (Å²) in [5.41, 5.74) is 0.718. The zero-order valence-electron chi connectivity index (χ0n) is 17.2. The van der Waals surface area contributed by atoms with Gasteiger partial charge in [0, 0.05) is 17.8 Å². The van der Waals surface area contributed by atoms with E-state index in [1.807, 2.05) is 0 Å². The molecule has 0 radical (unpaired) electrons. The molecule has 2 N–H and O–H groups in total. The Morgan fingerprint density at radius 2 is 2.03 bits per heavy atom. The molecule has 2 rings (SSSR count). The minimum absolute atomic E-state index is 0.0712. The SMILES string of the molecule is C#CCNC(=O)CC(=O)N1CC[C@@H](NC(=O)OC(C)(C)C)c2cc(OC)ccc21. The average Bonchev–Trinajstić information content (AvgIpc) is 2.64. The van der Waals surface area contributed by atoms with Gasteiger partial charge in [0.05, 0.1) is 19.7 Å². The van der Waals surface area contributed by atoms with E-state index in [2.05, 4.69) is 16.6 Å². The summed E-state index contributed by atoms with van der Waals surface area (Å²) in [5.74, 6) is 2.12. The molecule has 8 nitrogen and oxygen atoms in total. The predicted octanol–water partition coefficient (Wildman–Crippen LogP) is 2.14. The molecule has 8 heteroatoms. The van der Waals surface area contributed by atoms with Gasteiger partial charge in [0.1, 0.15) is 17.8 Å². The molecule has 0 aromatic heterocycles. The number of fused-ring (bicyclic) bond motifs is 1. The highest BCUT2D eigenvalue weighted by molar-refractivity contribution is 6.05. The maximum atomic E-state index is 12.7. The second kappa shape index (κ2) is 9.32. The number of nitrogens with zero attached hydrogens (tertiary/aromatic N) is 1. The van der Waals surface area contributed by atoms with E-state index in [4.69, 9.17) is 15.9 Å². The standard InChI is InChI=1S/C21H27N3O5/c1-6-10-22-18(25)13-19(26)24-11-9-16(23-20(27)29-21(2,3)4)15-12-14(28-5)7-8-17(15)24/h1,7-8,12,16H,9-11,13H2,2-5H3,(H,22,25)(H,23,27)/t16-/m1/s1. The second-order valence-electron chi connectivity index (χ2n) is 7.62. The molecular weight excluding hydrogens is 374 g/mol. The van der Waals surface area contributed by atoms with Crippen molar-refractivity contribution < 1.29 is 23.9 Å². The summed E-state index contributed by atoms with van der Waals surface area (Å²) in [5, 5.41) is 5.34. The fourth-order valence-corrected chi connectivity index (χ4v) is 3.02. The lowest BCUT2D eigenvalue weighted by Crippen LogP contribution is -2.43. The minimum atomic E-state index is -0.621. The smallest absolute Gasteiger partial charge is 0.408 e. The number of carbonyl (C=O) groups excluding carboxylic acids is 3. The van der Waals surface area contributed by atoms with Crippen LogP contribution in [0.5, 0.6) is 5.75 Å². The van der Waals surface area contributed by atoms with Gasteiger partial charge in [-0.1, -0.05) is 5.92 Å². The summed E-state index contributed by atoms with van der Waals surface area (Å²) in [6.45, 7) is 5.78. The zero-order chi connectivity index (χ0) is 21.6. The predicted molar refractivity (Wildman–Crippen MR) is 109 cm³/mol. The number of nitrogens with one attached hydrogen (secondary N) is 2. The van der Waals surface area contributed by atoms with Crippen molar-refractivity contribution in [2.24, 2.45) is 0 Å². The molecule has 1 aliphatic heterocycles. The first-order valence-corrected chi connectivity index (χ1v) is 9.32. The lowest BCUT2D eigenvalue weighted by atomic mass is 9.95. The van der Waals surface area contributed by atoms with Crippen LogP contribution in [-0.4, -0.2) is 43.7 Å². The Morgan fingerprint density at radius 3 is 2.66 bits per heavy atom. The van der Waals surface area contributed by atoms with Crippen molar-refractivity contribution >= 4 is 23.6 Å². The highest BCUT2D eigenvalue weighted by atomic mass is 16.6. The van der Waals surface area contributed by atoms with Gasteiger partial charge in [-0.25, -0.2) is 4.79 Å². The third-order valence-electron chi connectivity index (χ3n) is 4.23.